The third-order valence-corrected chi connectivity index (χ3v) is 4.45. The van der Waals surface area contributed by atoms with Crippen LogP contribution < -0.4 is 0 Å². The average Bonchev–Trinajstić information content (AvgIpc) is 3.05. The third kappa shape index (κ3) is 4.29. The SMILES string of the molecule is CC.CC.CCC(=O)c1c(-c2ccccc2)sc2ccccc12. The van der Waals surface area contributed by atoms with Crippen molar-refractivity contribution >= 4 is 27.2 Å². The van der Waals surface area contributed by atoms with Gasteiger partial charge in [0.15, 0.2) is 5.78 Å². The lowest BCUT2D eigenvalue weighted by molar-refractivity contribution is 0.0990. The fraction of sp³-hybridized carbons (Fsp3) is 0.286. The van der Waals surface area contributed by atoms with Gasteiger partial charge in [0, 0.05) is 26.9 Å². The fourth-order valence-corrected chi connectivity index (χ4v) is 3.52. The van der Waals surface area contributed by atoms with E-state index < -0.39 is 0 Å². The number of Topliss-reactive ketones (excluding diaryl/α,β-unsaturated/α-hetero) is 1. The predicted octanol–water partition coefficient (Wildman–Crippen LogP) is 7.21. The summed E-state index contributed by atoms with van der Waals surface area (Å²) in [4.78, 5) is 13.4. The van der Waals surface area contributed by atoms with Crippen LogP contribution in [0, 0.1) is 0 Å². The first-order chi connectivity index (χ1) is 11.3. The molecular weight excluding hydrogens is 300 g/mol. The molecule has 1 heterocycles. The Morgan fingerprint density at radius 3 is 2.04 bits per heavy atom. The molecule has 3 rings (SSSR count). The number of benzene rings is 2. The molecule has 0 unspecified atom stereocenters. The normalized spacial score (nSPS) is 9.43. The Morgan fingerprint density at radius 2 is 1.43 bits per heavy atom. The molecule has 0 aliphatic heterocycles. The van der Waals surface area contributed by atoms with Crippen molar-refractivity contribution in [3.05, 3.63) is 60.2 Å². The number of ketones is 1. The fourth-order valence-electron chi connectivity index (χ4n) is 2.29. The van der Waals surface area contributed by atoms with Gasteiger partial charge in [-0.2, -0.15) is 0 Å². The summed E-state index contributed by atoms with van der Waals surface area (Å²) in [6.45, 7) is 9.92. The van der Waals surface area contributed by atoms with E-state index in [4.69, 9.17) is 0 Å². The highest BCUT2D eigenvalue weighted by Gasteiger charge is 2.18. The van der Waals surface area contributed by atoms with Crippen molar-refractivity contribution in [2.75, 3.05) is 0 Å². The number of carbonyl (C=O) groups is 1. The van der Waals surface area contributed by atoms with Crippen molar-refractivity contribution in [3.8, 4) is 10.4 Å². The summed E-state index contributed by atoms with van der Waals surface area (Å²) in [6.07, 6.45) is 0.542. The van der Waals surface area contributed by atoms with Gasteiger partial charge in [-0.3, -0.25) is 4.79 Å². The lowest BCUT2D eigenvalue weighted by Gasteiger charge is -2.02. The van der Waals surface area contributed by atoms with Gasteiger partial charge in [-0.15, -0.1) is 11.3 Å². The monoisotopic (exact) mass is 326 g/mol. The zero-order chi connectivity index (χ0) is 17.2. The van der Waals surface area contributed by atoms with E-state index in [1.54, 1.807) is 11.3 Å². The van der Waals surface area contributed by atoms with Crippen LogP contribution >= 0.6 is 11.3 Å². The number of carbonyl (C=O) groups excluding carboxylic acids is 1. The highest BCUT2D eigenvalue weighted by Crippen LogP contribution is 2.39. The van der Waals surface area contributed by atoms with Crippen LogP contribution in [-0.2, 0) is 0 Å². The van der Waals surface area contributed by atoms with E-state index >= 15 is 0 Å². The van der Waals surface area contributed by atoms with Crippen LogP contribution in [0.25, 0.3) is 20.5 Å². The van der Waals surface area contributed by atoms with Gasteiger partial charge in [0.1, 0.15) is 0 Å². The van der Waals surface area contributed by atoms with Crippen molar-refractivity contribution in [1.82, 2.24) is 0 Å². The van der Waals surface area contributed by atoms with E-state index in [-0.39, 0.29) is 5.78 Å². The molecule has 0 aliphatic rings. The number of hydrogen-bond acceptors (Lipinski definition) is 2. The minimum absolute atomic E-state index is 0.219. The van der Waals surface area contributed by atoms with Crippen molar-refractivity contribution in [2.45, 2.75) is 41.0 Å². The van der Waals surface area contributed by atoms with Crippen LogP contribution in [0.3, 0.4) is 0 Å². The molecule has 1 nitrogen and oxygen atoms in total. The Morgan fingerprint density at radius 1 is 0.870 bits per heavy atom. The predicted molar refractivity (Wildman–Crippen MR) is 105 cm³/mol. The summed E-state index contributed by atoms with van der Waals surface area (Å²) in [7, 11) is 0. The molecule has 0 atom stereocenters. The molecular formula is C21H26OS. The molecule has 1 aromatic heterocycles. The van der Waals surface area contributed by atoms with Crippen LogP contribution in [0.4, 0.5) is 0 Å². The molecule has 122 valence electrons. The summed E-state index contributed by atoms with van der Waals surface area (Å²) in [5, 5.41) is 1.08. The van der Waals surface area contributed by atoms with Gasteiger partial charge in [0.05, 0.1) is 0 Å². The van der Waals surface area contributed by atoms with Crippen molar-refractivity contribution in [2.24, 2.45) is 0 Å². The molecule has 2 aromatic carbocycles. The number of rotatable bonds is 3. The maximum absolute atomic E-state index is 12.3. The van der Waals surface area contributed by atoms with E-state index in [1.807, 2.05) is 71.0 Å². The molecule has 0 aliphatic carbocycles. The standard InChI is InChI=1S/C17H14OS.2C2H6/c1-2-14(18)16-13-10-6-7-11-15(13)19-17(16)12-8-4-3-5-9-12;2*1-2/h3-11H,2H2,1H3;2*1-2H3. The van der Waals surface area contributed by atoms with Gasteiger partial charge < -0.3 is 0 Å². The second-order valence-corrected chi connectivity index (χ2v) is 5.50. The lowest BCUT2D eigenvalue weighted by atomic mass is 10.0. The largest absolute Gasteiger partial charge is 0.294 e. The molecule has 3 aromatic rings. The maximum Gasteiger partial charge on any atom is 0.164 e. The van der Waals surface area contributed by atoms with Gasteiger partial charge in [-0.05, 0) is 11.6 Å². The van der Waals surface area contributed by atoms with E-state index in [2.05, 4.69) is 18.2 Å². The molecule has 0 saturated carbocycles. The van der Waals surface area contributed by atoms with Crippen molar-refractivity contribution in [1.29, 1.82) is 0 Å². The van der Waals surface area contributed by atoms with Gasteiger partial charge in [0.25, 0.3) is 0 Å². The minimum Gasteiger partial charge on any atom is -0.294 e. The Hall–Kier alpha value is -1.93. The van der Waals surface area contributed by atoms with E-state index in [0.29, 0.717) is 6.42 Å². The molecule has 23 heavy (non-hydrogen) atoms. The van der Waals surface area contributed by atoms with Crippen LogP contribution in [-0.4, -0.2) is 5.78 Å². The summed E-state index contributed by atoms with van der Waals surface area (Å²) in [5.74, 6) is 0.219. The minimum atomic E-state index is 0.219. The highest BCUT2D eigenvalue weighted by atomic mass is 32.1. The Bertz CT molecular complexity index is 726. The lowest BCUT2D eigenvalue weighted by Crippen LogP contribution is -1.97. The van der Waals surface area contributed by atoms with Crippen LogP contribution in [0.5, 0.6) is 0 Å². The van der Waals surface area contributed by atoms with Crippen LogP contribution in [0.1, 0.15) is 51.4 Å². The van der Waals surface area contributed by atoms with Gasteiger partial charge >= 0.3 is 0 Å². The Balaban J connectivity index is 0.000000615. The van der Waals surface area contributed by atoms with Gasteiger partial charge in [-0.1, -0.05) is 83.1 Å². The molecule has 0 bridgehead atoms. The summed E-state index contributed by atoms with van der Waals surface area (Å²) >= 11 is 1.70. The van der Waals surface area contributed by atoms with Crippen LogP contribution in [0.15, 0.2) is 54.6 Å². The Labute approximate surface area is 144 Å². The van der Waals surface area contributed by atoms with E-state index in [1.165, 1.54) is 4.70 Å². The topological polar surface area (TPSA) is 17.1 Å². The first kappa shape index (κ1) is 19.1. The second kappa shape index (κ2) is 9.96. The average molecular weight is 327 g/mol. The summed E-state index contributed by atoms with van der Waals surface area (Å²) < 4.78 is 1.18. The number of fused-ring (bicyclic) bond motifs is 1. The molecule has 0 N–H and O–H groups in total. The first-order valence-corrected chi connectivity index (χ1v) is 9.23. The molecule has 2 heteroatoms. The molecule has 0 saturated heterocycles. The summed E-state index contributed by atoms with van der Waals surface area (Å²) in [6, 6.07) is 18.3. The third-order valence-electron chi connectivity index (χ3n) is 3.23. The molecule has 0 radical (unpaired) electrons. The Kier molecular flexibility index (Phi) is 8.28. The van der Waals surface area contributed by atoms with E-state index in [0.717, 1.165) is 21.4 Å². The number of hydrogen-bond donors (Lipinski definition) is 0. The zero-order valence-corrected chi connectivity index (χ0v) is 15.5. The summed E-state index contributed by atoms with van der Waals surface area (Å²) in [5.41, 5.74) is 2.01. The first-order valence-electron chi connectivity index (χ1n) is 8.41. The quantitative estimate of drug-likeness (QED) is 0.464. The van der Waals surface area contributed by atoms with Gasteiger partial charge in [0.2, 0.25) is 0 Å². The molecule has 0 amide bonds. The van der Waals surface area contributed by atoms with Crippen LogP contribution in [0.2, 0.25) is 0 Å². The zero-order valence-electron chi connectivity index (χ0n) is 14.7. The smallest absolute Gasteiger partial charge is 0.164 e. The molecule has 0 spiro atoms. The van der Waals surface area contributed by atoms with Crippen molar-refractivity contribution < 1.29 is 4.79 Å². The van der Waals surface area contributed by atoms with Gasteiger partial charge in [-0.25, -0.2) is 0 Å². The second-order valence-electron chi connectivity index (χ2n) is 4.45. The molecule has 0 fully saturated rings. The maximum atomic E-state index is 12.3. The highest BCUT2D eigenvalue weighted by molar-refractivity contribution is 7.22. The van der Waals surface area contributed by atoms with E-state index in [9.17, 15) is 4.79 Å². The van der Waals surface area contributed by atoms with Crippen molar-refractivity contribution in [3.63, 3.8) is 0 Å². The number of thiophene rings is 1.